The Labute approximate surface area is 173 Å². The molecule has 0 aliphatic heterocycles. The van der Waals surface area contributed by atoms with Crippen LogP contribution in [0.15, 0.2) is 0 Å². The van der Waals surface area contributed by atoms with Crippen molar-refractivity contribution in [3.05, 3.63) is 0 Å². The van der Waals surface area contributed by atoms with E-state index in [0.717, 1.165) is 48.9 Å². The molecule has 0 radical (unpaired) electrons. The summed E-state index contributed by atoms with van der Waals surface area (Å²) in [6, 6.07) is 0. The van der Waals surface area contributed by atoms with Gasteiger partial charge in [0.25, 0.3) is 0 Å². The molecule has 162 valence electrons. The van der Waals surface area contributed by atoms with E-state index in [4.69, 9.17) is 0 Å². The van der Waals surface area contributed by atoms with Crippen LogP contribution in [0.1, 0.15) is 111 Å². The number of aliphatic hydroxyl groups is 2. The minimum Gasteiger partial charge on any atom is -0.393 e. The monoisotopic (exact) mass is 390 g/mol. The lowest BCUT2D eigenvalue weighted by molar-refractivity contribution is -0.127. The van der Waals surface area contributed by atoms with Crippen LogP contribution in [-0.2, 0) is 0 Å². The Kier molecular flexibility index (Phi) is 5.71. The van der Waals surface area contributed by atoms with Crippen LogP contribution in [0.3, 0.4) is 0 Å². The van der Waals surface area contributed by atoms with E-state index in [1.54, 1.807) is 0 Å². The first-order chi connectivity index (χ1) is 13.1. The molecule has 0 saturated heterocycles. The van der Waals surface area contributed by atoms with Crippen LogP contribution < -0.4 is 0 Å². The van der Waals surface area contributed by atoms with Crippen molar-refractivity contribution < 1.29 is 10.2 Å². The Bertz CT molecular complexity index is 551. The van der Waals surface area contributed by atoms with Gasteiger partial charge in [0.05, 0.1) is 11.7 Å². The number of aliphatic hydroxyl groups excluding tert-OH is 1. The Morgan fingerprint density at radius 2 is 1.57 bits per heavy atom. The normalized spacial score (nSPS) is 48.6. The van der Waals surface area contributed by atoms with Gasteiger partial charge in [0.2, 0.25) is 0 Å². The predicted octanol–water partition coefficient (Wildman–Crippen LogP) is 6.34. The SMILES string of the molecule is CC(C)(O)CCCC[C@H]1CCC2[C@@H]3CCC4CC(O)CC[C@]4(C)C3CC[C@@]21C. The maximum absolute atomic E-state index is 10.2. The van der Waals surface area contributed by atoms with E-state index in [9.17, 15) is 10.2 Å². The highest BCUT2D eigenvalue weighted by atomic mass is 16.3. The van der Waals surface area contributed by atoms with E-state index in [0.29, 0.717) is 10.8 Å². The standard InChI is InChI=1S/C26H46O2/c1-24(2,28)14-6-5-7-18-9-11-22-21-10-8-19-17-20(27)12-15-26(19,4)23(21)13-16-25(18,22)3/h18-23,27-28H,5-17H2,1-4H3/t18-,19?,20?,21-,22?,23?,25+,26-/m0/s1. The zero-order chi connectivity index (χ0) is 20.2. The van der Waals surface area contributed by atoms with Gasteiger partial charge in [-0.2, -0.15) is 0 Å². The van der Waals surface area contributed by atoms with Crippen LogP contribution in [0.5, 0.6) is 0 Å². The molecule has 28 heavy (non-hydrogen) atoms. The lowest BCUT2D eigenvalue weighted by atomic mass is 9.44. The van der Waals surface area contributed by atoms with E-state index < -0.39 is 5.60 Å². The van der Waals surface area contributed by atoms with Crippen molar-refractivity contribution >= 4 is 0 Å². The number of fused-ring (bicyclic) bond motifs is 5. The van der Waals surface area contributed by atoms with E-state index in [2.05, 4.69) is 13.8 Å². The van der Waals surface area contributed by atoms with Gasteiger partial charge in [0.15, 0.2) is 0 Å². The fourth-order valence-electron chi connectivity index (χ4n) is 8.77. The third-order valence-electron chi connectivity index (χ3n) is 10.4. The average molecular weight is 391 g/mol. The average Bonchev–Trinajstić information content (AvgIpc) is 2.95. The number of rotatable bonds is 5. The third-order valence-corrected chi connectivity index (χ3v) is 10.4. The molecule has 0 spiro atoms. The number of hydrogen-bond acceptors (Lipinski definition) is 2. The van der Waals surface area contributed by atoms with E-state index in [-0.39, 0.29) is 6.10 Å². The summed E-state index contributed by atoms with van der Waals surface area (Å²) < 4.78 is 0. The van der Waals surface area contributed by atoms with Gasteiger partial charge in [-0.15, -0.1) is 0 Å². The third kappa shape index (κ3) is 3.70. The molecule has 2 N–H and O–H groups in total. The Morgan fingerprint density at radius 1 is 0.857 bits per heavy atom. The number of hydrogen-bond donors (Lipinski definition) is 2. The van der Waals surface area contributed by atoms with Crippen molar-refractivity contribution in [1.29, 1.82) is 0 Å². The molecule has 0 bridgehead atoms. The molecule has 0 amide bonds. The highest BCUT2D eigenvalue weighted by molar-refractivity contribution is 5.09. The zero-order valence-corrected chi connectivity index (χ0v) is 19.1. The Hall–Kier alpha value is -0.0800. The van der Waals surface area contributed by atoms with Gasteiger partial charge >= 0.3 is 0 Å². The van der Waals surface area contributed by atoms with Gasteiger partial charge in [-0.3, -0.25) is 0 Å². The first-order valence-electron chi connectivity index (χ1n) is 12.5. The maximum atomic E-state index is 10.2. The van der Waals surface area contributed by atoms with Crippen molar-refractivity contribution in [2.45, 2.75) is 123 Å². The van der Waals surface area contributed by atoms with Crippen molar-refractivity contribution in [3.63, 3.8) is 0 Å². The summed E-state index contributed by atoms with van der Waals surface area (Å²) in [6.45, 7) is 9.15. The van der Waals surface area contributed by atoms with Crippen LogP contribution in [0.2, 0.25) is 0 Å². The second-order valence-corrected chi connectivity index (χ2v) is 12.5. The van der Waals surface area contributed by atoms with Crippen molar-refractivity contribution in [1.82, 2.24) is 0 Å². The molecule has 4 aliphatic carbocycles. The van der Waals surface area contributed by atoms with Crippen LogP contribution in [0.4, 0.5) is 0 Å². The van der Waals surface area contributed by atoms with Crippen LogP contribution >= 0.6 is 0 Å². The summed E-state index contributed by atoms with van der Waals surface area (Å²) in [4.78, 5) is 0. The Balaban J connectivity index is 1.41. The van der Waals surface area contributed by atoms with Crippen LogP contribution in [0, 0.1) is 40.4 Å². The van der Waals surface area contributed by atoms with Crippen LogP contribution in [0.25, 0.3) is 0 Å². The summed E-state index contributed by atoms with van der Waals surface area (Å²) in [5.41, 5.74) is 0.587. The van der Waals surface area contributed by atoms with Crippen molar-refractivity contribution in [2.75, 3.05) is 0 Å². The first-order valence-corrected chi connectivity index (χ1v) is 12.5. The molecular weight excluding hydrogens is 344 g/mol. The topological polar surface area (TPSA) is 40.5 Å². The molecule has 0 aromatic rings. The summed E-state index contributed by atoms with van der Waals surface area (Å²) in [7, 11) is 0. The molecule has 8 atom stereocenters. The smallest absolute Gasteiger partial charge is 0.0591 e. The van der Waals surface area contributed by atoms with E-state index in [1.807, 2.05) is 13.8 Å². The number of unbranched alkanes of at least 4 members (excludes halogenated alkanes) is 1. The fraction of sp³-hybridized carbons (Fsp3) is 1.00. The molecule has 2 nitrogen and oxygen atoms in total. The fourth-order valence-corrected chi connectivity index (χ4v) is 8.77. The largest absolute Gasteiger partial charge is 0.393 e. The molecule has 0 heterocycles. The van der Waals surface area contributed by atoms with E-state index in [1.165, 1.54) is 64.2 Å². The lowest BCUT2D eigenvalue weighted by Gasteiger charge is -2.61. The zero-order valence-electron chi connectivity index (χ0n) is 19.1. The highest BCUT2D eigenvalue weighted by Crippen LogP contribution is 2.67. The predicted molar refractivity (Wildman–Crippen MR) is 116 cm³/mol. The quantitative estimate of drug-likeness (QED) is 0.538. The minimum absolute atomic E-state index is 0.0248. The molecule has 0 aromatic heterocycles. The van der Waals surface area contributed by atoms with Gasteiger partial charge < -0.3 is 10.2 Å². The summed E-state index contributed by atoms with van der Waals surface area (Å²) in [6.07, 6.45) is 16.8. The molecule has 4 unspecified atom stereocenters. The van der Waals surface area contributed by atoms with Gasteiger partial charge in [0.1, 0.15) is 0 Å². The van der Waals surface area contributed by atoms with Crippen molar-refractivity contribution in [2.24, 2.45) is 40.4 Å². The summed E-state index contributed by atoms with van der Waals surface area (Å²) in [5.74, 6) is 4.53. The maximum Gasteiger partial charge on any atom is 0.0591 e. The molecular formula is C26H46O2. The van der Waals surface area contributed by atoms with Gasteiger partial charge in [-0.1, -0.05) is 26.7 Å². The molecule has 4 aliphatic rings. The molecule has 4 rings (SSSR count). The van der Waals surface area contributed by atoms with Crippen molar-refractivity contribution in [3.8, 4) is 0 Å². The molecule has 0 aromatic carbocycles. The highest BCUT2D eigenvalue weighted by Gasteiger charge is 2.59. The van der Waals surface area contributed by atoms with Gasteiger partial charge in [-0.05, 0) is 125 Å². The van der Waals surface area contributed by atoms with Gasteiger partial charge in [0, 0.05) is 0 Å². The summed E-state index contributed by atoms with van der Waals surface area (Å²) in [5, 5.41) is 20.2. The lowest BCUT2D eigenvalue weighted by Crippen LogP contribution is -2.53. The van der Waals surface area contributed by atoms with Gasteiger partial charge in [-0.25, -0.2) is 0 Å². The molecule has 4 fully saturated rings. The second kappa shape index (κ2) is 7.56. The molecule has 4 saturated carbocycles. The summed E-state index contributed by atoms with van der Waals surface area (Å²) >= 11 is 0. The second-order valence-electron chi connectivity index (χ2n) is 12.5. The Morgan fingerprint density at radius 3 is 2.32 bits per heavy atom. The van der Waals surface area contributed by atoms with Crippen LogP contribution in [-0.4, -0.2) is 21.9 Å². The van der Waals surface area contributed by atoms with E-state index >= 15 is 0 Å². The minimum atomic E-state index is -0.498. The molecule has 2 heteroatoms. The first kappa shape index (κ1) is 21.2.